The van der Waals surface area contributed by atoms with E-state index in [4.69, 9.17) is 0 Å². The average molecular weight is 112 g/mol. The molecule has 1 aliphatic carbocycles. The van der Waals surface area contributed by atoms with E-state index in [9.17, 15) is 0 Å². The first-order chi connectivity index (χ1) is 4.47. The van der Waals surface area contributed by atoms with Gasteiger partial charge < -0.3 is 0 Å². The molecule has 1 aromatic rings. The van der Waals surface area contributed by atoms with E-state index in [-0.39, 0.29) is 0 Å². The van der Waals surface area contributed by atoms with Crippen LogP contribution >= 0.6 is 0 Å². The van der Waals surface area contributed by atoms with E-state index in [0.717, 1.165) is 12.0 Å². The summed E-state index contributed by atoms with van der Waals surface area (Å²) in [5, 5.41) is 0. The molecule has 9 heavy (non-hydrogen) atoms. The van der Waals surface area contributed by atoms with Gasteiger partial charge in [0.1, 0.15) is 0 Å². The molecule has 0 aliphatic heterocycles. The van der Waals surface area contributed by atoms with Crippen molar-refractivity contribution in [3.63, 3.8) is 0 Å². The minimum Gasteiger partial charge on any atom is -0.0930 e. The highest BCUT2D eigenvalue weighted by Crippen LogP contribution is 2.08. The van der Waals surface area contributed by atoms with Crippen molar-refractivity contribution in [2.24, 2.45) is 0 Å². The largest absolute Gasteiger partial charge is 0.0930 e. The Morgan fingerprint density at radius 3 is 3.00 bits per heavy atom. The van der Waals surface area contributed by atoms with Crippen LogP contribution in [0.4, 0.5) is 0 Å². The Bertz CT molecular complexity index is 286. The van der Waals surface area contributed by atoms with E-state index in [0.29, 0.717) is 0 Å². The van der Waals surface area contributed by atoms with E-state index in [1.807, 2.05) is 12.1 Å². The molecule has 40 valence electrons. The molecule has 0 heteroatoms. The van der Waals surface area contributed by atoms with Gasteiger partial charge in [0, 0.05) is 18.1 Å². The van der Waals surface area contributed by atoms with E-state index < -0.39 is 0 Å². The highest BCUT2D eigenvalue weighted by molar-refractivity contribution is 5.46. The summed E-state index contributed by atoms with van der Waals surface area (Å²) in [5.41, 5.74) is 2.38. The van der Waals surface area contributed by atoms with Gasteiger partial charge in [-0.1, -0.05) is 24.0 Å². The minimum absolute atomic E-state index is 0.889. The standard InChI is InChI=1S/C9H4/c1-2-5-9-7-3-6-8(9)4-1/h4-5H,6H2. The molecule has 1 aromatic carbocycles. The summed E-state index contributed by atoms with van der Waals surface area (Å²) in [4.78, 5) is 0. The predicted octanol–water partition coefficient (Wildman–Crippen LogP) is 1.19. The summed E-state index contributed by atoms with van der Waals surface area (Å²) in [6.45, 7) is 0. The maximum Gasteiger partial charge on any atom is 0.0377 e. The molecule has 0 radical (unpaired) electrons. The summed E-state index contributed by atoms with van der Waals surface area (Å²) in [6.07, 6.45) is 0.889. The van der Waals surface area contributed by atoms with Gasteiger partial charge in [-0.3, -0.25) is 0 Å². The third-order valence-electron chi connectivity index (χ3n) is 1.39. The van der Waals surface area contributed by atoms with Gasteiger partial charge in [-0.2, -0.15) is 0 Å². The van der Waals surface area contributed by atoms with Crippen molar-refractivity contribution >= 4 is 0 Å². The first-order valence-electron chi connectivity index (χ1n) is 2.86. The maximum atomic E-state index is 3.00. The molecule has 1 aliphatic rings. The van der Waals surface area contributed by atoms with Crippen LogP contribution in [0.15, 0.2) is 12.1 Å². The summed E-state index contributed by atoms with van der Waals surface area (Å²) >= 11 is 0. The van der Waals surface area contributed by atoms with Crippen molar-refractivity contribution in [1.29, 1.82) is 0 Å². The number of hydrogen-bond acceptors (Lipinski definition) is 0. The molecule has 0 spiro atoms. The Hall–Kier alpha value is -1.40. The average Bonchev–Trinajstić information content (AvgIpc) is 2.33. The van der Waals surface area contributed by atoms with E-state index in [1.165, 1.54) is 5.56 Å². The van der Waals surface area contributed by atoms with Gasteiger partial charge in [0.2, 0.25) is 0 Å². The first kappa shape index (κ1) is 4.48. The fraction of sp³-hybridized carbons (Fsp3) is 0.111. The SMILES string of the molecule is C1#Cc2cc#ccc2C1. The summed E-state index contributed by atoms with van der Waals surface area (Å²) < 4.78 is 0. The molecular formula is C9H4. The number of fused-ring (bicyclic) bond motifs is 1. The van der Waals surface area contributed by atoms with Crippen molar-refractivity contribution in [3.05, 3.63) is 35.4 Å². The fourth-order valence-electron chi connectivity index (χ4n) is 0.910. The lowest BCUT2D eigenvalue weighted by Crippen LogP contribution is -1.77. The van der Waals surface area contributed by atoms with Crippen LogP contribution in [0.1, 0.15) is 11.1 Å². The van der Waals surface area contributed by atoms with E-state index in [1.54, 1.807) is 0 Å². The zero-order chi connectivity index (χ0) is 6.10. The second-order valence-corrected chi connectivity index (χ2v) is 1.99. The molecule has 0 heterocycles. The molecular weight excluding hydrogens is 108 g/mol. The second-order valence-electron chi connectivity index (χ2n) is 1.99. The zero-order valence-electron chi connectivity index (χ0n) is 4.86. The predicted molar refractivity (Wildman–Crippen MR) is 34.7 cm³/mol. The molecule has 2 rings (SSSR count). The van der Waals surface area contributed by atoms with Crippen LogP contribution in [0, 0.1) is 24.0 Å². The Balaban J connectivity index is 2.66. The lowest BCUT2D eigenvalue weighted by molar-refractivity contribution is 1.34. The summed E-state index contributed by atoms with van der Waals surface area (Å²) in [6, 6.07) is 9.57. The maximum absolute atomic E-state index is 3.00. The highest BCUT2D eigenvalue weighted by atomic mass is 14.0. The monoisotopic (exact) mass is 112 g/mol. The minimum atomic E-state index is 0.889. The molecule has 0 aromatic heterocycles. The fourth-order valence-corrected chi connectivity index (χ4v) is 0.910. The third kappa shape index (κ3) is 0.574. The molecule has 0 saturated carbocycles. The number of rotatable bonds is 0. The number of hydrogen-bond donors (Lipinski definition) is 0. The molecule has 0 bridgehead atoms. The Labute approximate surface area is 54.5 Å². The van der Waals surface area contributed by atoms with Gasteiger partial charge in [0.05, 0.1) is 0 Å². The smallest absolute Gasteiger partial charge is 0.0377 e. The van der Waals surface area contributed by atoms with Crippen LogP contribution < -0.4 is 0 Å². The van der Waals surface area contributed by atoms with Gasteiger partial charge in [-0.15, -0.1) is 0 Å². The second kappa shape index (κ2) is 1.54. The first-order valence-corrected chi connectivity index (χ1v) is 2.86. The lowest BCUT2D eigenvalue weighted by Gasteiger charge is -1.87. The third-order valence-corrected chi connectivity index (χ3v) is 1.39. The van der Waals surface area contributed by atoms with Crippen molar-refractivity contribution in [2.45, 2.75) is 6.42 Å². The topological polar surface area (TPSA) is 0 Å². The Kier molecular flexibility index (Phi) is 0.765. The van der Waals surface area contributed by atoms with E-state index >= 15 is 0 Å². The van der Waals surface area contributed by atoms with Crippen LogP contribution in [0.3, 0.4) is 0 Å². The van der Waals surface area contributed by atoms with Crippen LogP contribution in [-0.4, -0.2) is 0 Å². The molecule has 0 fully saturated rings. The summed E-state index contributed by atoms with van der Waals surface area (Å²) in [5.74, 6) is 6.00. The molecule has 0 unspecified atom stereocenters. The quantitative estimate of drug-likeness (QED) is 0.442. The molecule has 0 saturated heterocycles. The van der Waals surface area contributed by atoms with Crippen LogP contribution in [0.25, 0.3) is 0 Å². The van der Waals surface area contributed by atoms with Gasteiger partial charge in [0.25, 0.3) is 0 Å². The Morgan fingerprint density at radius 2 is 2.11 bits per heavy atom. The molecule has 0 atom stereocenters. The van der Waals surface area contributed by atoms with E-state index in [2.05, 4.69) is 24.0 Å². The van der Waals surface area contributed by atoms with Crippen LogP contribution in [0.5, 0.6) is 0 Å². The summed E-state index contributed by atoms with van der Waals surface area (Å²) in [7, 11) is 0. The van der Waals surface area contributed by atoms with Gasteiger partial charge in [-0.25, -0.2) is 0 Å². The lowest BCUT2D eigenvalue weighted by atomic mass is 10.1. The Morgan fingerprint density at radius 1 is 1.22 bits per heavy atom. The molecule has 0 amide bonds. The van der Waals surface area contributed by atoms with Crippen LogP contribution in [-0.2, 0) is 6.42 Å². The van der Waals surface area contributed by atoms with Crippen molar-refractivity contribution in [2.75, 3.05) is 0 Å². The van der Waals surface area contributed by atoms with Gasteiger partial charge in [-0.05, 0) is 11.6 Å². The van der Waals surface area contributed by atoms with Crippen molar-refractivity contribution < 1.29 is 0 Å². The van der Waals surface area contributed by atoms with Crippen molar-refractivity contribution in [3.8, 4) is 11.8 Å². The zero-order valence-corrected chi connectivity index (χ0v) is 4.86. The highest BCUT2D eigenvalue weighted by Gasteiger charge is 1.99. The normalized spacial score (nSPS) is 11.1. The molecule has 0 nitrogen and oxygen atoms in total. The van der Waals surface area contributed by atoms with Gasteiger partial charge in [0.15, 0.2) is 0 Å². The van der Waals surface area contributed by atoms with Crippen LogP contribution in [0.2, 0.25) is 0 Å². The van der Waals surface area contributed by atoms with Crippen molar-refractivity contribution in [1.82, 2.24) is 0 Å². The molecule has 0 N–H and O–H groups in total. The van der Waals surface area contributed by atoms with Gasteiger partial charge >= 0.3 is 0 Å².